The molecule has 3 rings (SSSR count). The Morgan fingerprint density at radius 3 is 2.30 bits per heavy atom. The van der Waals surface area contributed by atoms with Gasteiger partial charge in [-0.2, -0.15) is 0 Å². The van der Waals surface area contributed by atoms with E-state index in [2.05, 4.69) is 5.32 Å². The van der Waals surface area contributed by atoms with E-state index in [0.29, 0.717) is 5.69 Å². The SMILES string of the molecule is O=C(O)c1ccc(C=Cc2ccccc2NC(=O)c2cccc(F)c2)cc1. The summed E-state index contributed by atoms with van der Waals surface area (Å²) < 4.78 is 13.3. The number of nitrogens with one attached hydrogen (secondary N) is 1. The van der Waals surface area contributed by atoms with Crippen molar-refractivity contribution in [3.63, 3.8) is 0 Å². The van der Waals surface area contributed by atoms with Crippen molar-refractivity contribution in [1.82, 2.24) is 0 Å². The van der Waals surface area contributed by atoms with E-state index < -0.39 is 17.7 Å². The molecule has 134 valence electrons. The van der Waals surface area contributed by atoms with Crippen molar-refractivity contribution in [2.24, 2.45) is 0 Å². The molecule has 3 aromatic rings. The van der Waals surface area contributed by atoms with Gasteiger partial charge in [-0.15, -0.1) is 0 Å². The molecule has 0 atom stereocenters. The van der Waals surface area contributed by atoms with Crippen molar-refractivity contribution in [2.45, 2.75) is 0 Å². The number of amides is 1. The summed E-state index contributed by atoms with van der Waals surface area (Å²) in [6.45, 7) is 0. The predicted octanol–water partition coefficient (Wildman–Crippen LogP) is 4.95. The summed E-state index contributed by atoms with van der Waals surface area (Å²) in [6.07, 6.45) is 3.63. The number of anilines is 1. The minimum atomic E-state index is -0.976. The zero-order valence-electron chi connectivity index (χ0n) is 14.2. The van der Waals surface area contributed by atoms with E-state index in [-0.39, 0.29) is 11.1 Å². The van der Waals surface area contributed by atoms with Crippen molar-refractivity contribution in [2.75, 3.05) is 5.32 Å². The first kappa shape index (κ1) is 18.1. The fourth-order valence-corrected chi connectivity index (χ4v) is 2.50. The summed E-state index contributed by atoms with van der Waals surface area (Å²) in [4.78, 5) is 23.2. The molecule has 0 aliphatic rings. The van der Waals surface area contributed by atoms with Crippen LogP contribution in [0.5, 0.6) is 0 Å². The lowest BCUT2D eigenvalue weighted by molar-refractivity contribution is 0.0696. The minimum absolute atomic E-state index is 0.218. The number of hydrogen-bond acceptors (Lipinski definition) is 2. The third-order valence-electron chi connectivity index (χ3n) is 3.91. The van der Waals surface area contributed by atoms with Gasteiger partial charge in [-0.3, -0.25) is 4.79 Å². The Hall–Kier alpha value is -3.73. The van der Waals surface area contributed by atoms with Gasteiger partial charge in [-0.05, 0) is 47.5 Å². The molecule has 0 saturated carbocycles. The quantitative estimate of drug-likeness (QED) is 0.632. The van der Waals surface area contributed by atoms with Gasteiger partial charge in [0.15, 0.2) is 0 Å². The zero-order valence-corrected chi connectivity index (χ0v) is 14.2. The Morgan fingerprint density at radius 1 is 0.852 bits per heavy atom. The molecule has 0 aliphatic heterocycles. The highest BCUT2D eigenvalue weighted by atomic mass is 19.1. The minimum Gasteiger partial charge on any atom is -0.478 e. The number of hydrogen-bond donors (Lipinski definition) is 2. The molecule has 0 aliphatic carbocycles. The summed E-state index contributed by atoms with van der Waals surface area (Å²) in [7, 11) is 0. The Labute approximate surface area is 155 Å². The zero-order chi connectivity index (χ0) is 19.2. The predicted molar refractivity (Wildman–Crippen MR) is 103 cm³/mol. The molecule has 0 heterocycles. The van der Waals surface area contributed by atoms with Crippen molar-refractivity contribution < 1.29 is 19.1 Å². The van der Waals surface area contributed by atoms with Crippen LogP contribution < -0.4 is 5.32 Å². The maximum Gasteiger partial charge on any atom is 0.335 e. The molecule has 2 N–H and O–H groups in total. The van der Waals surface area contributed by atoms with Gasteiger partial charge >= 0.3 is 5.97 Å². The van der Waals surface area contributed by atoms with Crippen LogP contribution in [0.2, 0.25) is 0 Å². The van der Waals surface area contributed by atoms with E-state index in [1.54, 1.807) is 30.3 Å². The summed E-state index contributed by atoms with van der Waals surface area (Å²) in [6, 6.07) is 19.2. The summed E-state index contributed by atoms with van der Waals surface area (Å²) >= 11 is 0. The number of carbonyl (C=O) groups is 2. The lowest BCUT2D eigenvalue weighted by atomic mass is 10.1. The molecular weight excluding hydrogens is 345 g/mol. The number of halogens is 1. The molecule has 27 heavy (non-hydrogen) atoms. The maximum atomic E-state index is 13.3. The van der Waals surface area contributed by atoms with Crippen molar-refractivity contribution in [1.29, 1.82) is 0 Å². The van der Waals surface area contributed by atoms with Gasteiger partial charge in [0.1, 0.15) is 5.82 Å². The average Bonchev–Trinajstić information content (AvgIpc) is 2.67. The molecule has 0 unspecified atom stereocenters. The fraction of sp³-hybridized carbons (Fsp3) is 0. The van der Waals surface area contributed by atoms with Crippen LogP contribution in [0.25, 0.3) is 12.2 Å². The molecule has 0 fully saturated rings. The van der Waals surface area contributed by atoms with Crippen LogP contribution in [0, 0.1) is 5.82 Å². The van der Waals surface area contributed by atoms with Gasteiger partial charge in [0, 0.05) is 11.3 Å². The summed E-state index contributed by atoms with van der Waals surface area (Å²) in [5.41, 5.74) is 2.63. The second-order valence-electron chi connectivity index (χ2n) is 5.81. The van der Waals surface area contributed by atoms with Crippen LogP contribution in [-0.4, -0.2) is 17.0 Å². The second-order valence-corrected chi connectivity index (χ2v) is 5.81. The lowest BCUT2D eigenvalue weighted by Crippen LogP contribution is -2.12. The molecule has 5 heteroatoms. The number of para-hydroxylation sites is 1. The molecule has 0 radical (unpaired) electrons. The fourth-order valence-electron chi connectivity index (χ4n) is 2.50. The number of rotatable bonds is 5. The first-order chi connectivity index (χ1) is 13.0. The van der Waals surface area contributed by atoms with Crippen LogP contribution >= 0.6 is 0 Å². The van der Waals surface area contributed by atoms with Gasteiger partial charge in [0.2, 0.25) is 0 Å². The molecule has 3 aromatic carbocycles. The van der Waals surface area contributed by atoms with Crippen LogP contribution in [0.3, 0.4) is 0 Å². The van der Waals surface area contributed by atoms with Gasteiger partial charge in [0.25, 0.3) is 5.91 Å². The third kappa shape index (κ3) is 4.67. The Kier molecular flexibility index (Phi) is 5.42. The van der Waals surface area contributed by atoms with Crippen LogP contribution in [0.1, 0.15) is 31.8 Å². The van der Waals surface area contributed by atoms with Crippen LogP contribution in [0.15, 0.2) is 72.8 Å². The third-order valence-corrected chi connectivity index (χ3v) is 3.91. The Balaban J connectivity index is 1.79. The molecular formula is C22H16FNO3. The monoisotopic (exact) mass is 361 g/mol. The highest BCUT2D eigenvalue weighted by molar-refractivity contribution is 6.05. The normalized spacial score (nSPS) is 10.7. The van der Waals surface area contributed by atoms with E-state index in [9.17, 15) is 14.0 Å². The number of aromatic carboxylic acids is 1. The highest BCUT2D eigenvalue weighted by Gasteiger charge is 2.08. The van der Waals surface area contributed by atoms with E-state index in [1.807, 2.05) is 24.3 Å². The van der Waals surface area contributed by atoms with Crippen molar-refractivity contribution in [3.05, 3.63) is 101 Å². The first-order valence-corrected chi connectivity index (χ1v) is 8.20. The molecule has 0 spiro atoms. The van der Waals surface area contributed by atoms with Crippen LogP contribution in [0.4, 0.5) is 10.1 Å². The second kappa shape index (κ2) is 8.10. The molecule has 0 bridgehead atoms. The maximum absolute atomic E-state index is 13.3. The standard InChI is InChI=1S/C22H16FNO3/c23-19-6-3-5-18(14-19)21(25)24-20-7-2-1-4-16(20)11-8-15-9-12-17(13-10-15)22(26)27/h1-14H,(H,24,25)(H,26,27). The number of benzene rings is 3. The van der Waals surface area contributed by atoms with E-state index in [1.165, 1.54) is 30.3 Å². The number of carboxylic acid groups (broad SMARTS) is 1. The summed E-state index contributed by atoms with van der Waals surface area (Å²) in [5.74, 6) is -1.85. The van der Waals surface area contributed by atoms with E-state index in [0.717, 1.165) is 11.1 Å². The number of carbonyl (C=O) groups excluding carboxylic acids is 1. The molecule has 0 saturated heterocycles. The lowest BCUT2D eigenvalue weighted by Gasteiger charge is -2.09. The average molecular weight is 361 g/mol. The van der Waals surface area contributed by atoms with Crippen LogP contribution in [-0.2, 0) is 0 Å². The van der Waals surface area contributed by atoms with Gasteiger partial charge in [-0.1, -0.05) is 48.6 Å². The largest absolute Gasteiger partial charge is 0.478 e. The molecule has 0 aromatic heterocycles. The Morgan fingerprint density at radius 2 is 1.59 bits per heavy atom. The summed E-state index contributed by atoms with van der Waals surface area (Å²) in [5, 5.41) is 11.7. The number of carboxylic acids is 1. The Bertz CT molecular complexity index is 1010. The molecule has 1 amide bonds. The first-order valence-electron chi connectivity index (χ1n) is 8.20. The van der Waals surface area contributed by atoms with Gasteiger partial charge < -0.3 is 10.4 Å². The highest BCUT2D eigenvalue weighted by Crippen LogP contribution is 2.19. The van der Waals surface area contributed by atoms with E-state index in [4.69, 9.17) is 5.11 Å². The van der Waals surface area contributed by atoms with Gasteiger partial charge in [0.05, 0.1) is 5.56 Å². The van der Waals surface area contributed by atoms with Crippen molar-refractivity contribution >= 4 is 29.7 Å². The molecule has 4 nitrogen and oxygen atoms in total. The van der Waals surface area contributed by atoms with E-state index >= 15 is 0 Å². The van der Waals surface area contributed by atoms with Gasteiger partial charge in [-0.25, -0.2) is 9.18 Å². The topological polar surface area (TPSA) is 66.4 Å². The smallest absolute Gasteiger partial charge is 0.335 e. The van der Waals surface area contributed by atoms with Crippen molar-refractivity contribution in [3.8, 4) is 0 Å².